The van der Waals surface area contributed by atoms with Gasteiger partial charge in [-0.2, -0.15) is 0 Å². The van der Waals surface area contributed by atoms with Crippen molar-refractivity contribution in [2.75, 3.05) is 20.8 Å². The first-order chi connectivity index (χ1) is 8.59. The zero-order chi connectivity index (χ0) is 13.3. The van der Waals surface area contributed by atoms with Gasteiger partial charge in [-0.15, -0.1) is 0 Å². The van der Waals surface area contributed by atoms with Crippen LogP contribution in [-0.2, 0) is 5.41 Å². The van der Waals surface area contributed by atoms with Crippen LogP contribution in [0.25, 0.3) is 0 Å². The minimum absolute atomic E-state index is 0.187. The summed E-state index contributed by atoms with van der Waals surface area (Å²) in [6.07, 6.45) is 2.98. The van der Waals surface area contributed by atoms with Gasteiger partial charge >= 0.3 is 0 Å². The molecule has 2 N–H and O–H groups in total. The fraction of sp³-hybridized carbons (Fsp3) is 0.571. The third-order valence-electron chi connectivity index (χ3n) is 4.04. The largest absolute Gasteiger partial charge is 0.492 e. The summed E-state index contributed by atoms with van der Waals surface area (Å²) in [5.41, 5.74) is 7.18. The van der Waals surface area contributed by atoms with Crippen molar-refractivity contribution < 1.29 is 13.9 Å². The molecule has 3 nitrogen and oxygen atoms in total. The molecule has 1 aromatic carbocycles. The van der Waals surface area contributed by atoms with E-state index in [4.69, 9.17) is 15.2 Å². The molecule has 100 valence electrons. The van der Waals surface area contributed by atoms with E-state index in [9.17, 15) is 4.39 Å². The van der Waals surface area contributed by atoms with E-state index in [0.717, 1.165) is 24.8 Å². The van der Waals surface area contributed by atoms with Gasteiger partial charge in [0, 0.05) is 12.0 Å². The van der Waals surface area contributed by atoms with E-state index in [1.807, 2.05) is 13.0 Å². The van der Waals surface area contributed by atoms with Gasteiger partial charge in [0.15, 0.2) is 17.3 Å². The number of ether oxygens (including phenoxy) is 2. The fourth-order valence-corrected chi connectivity index (χ4v) is 2.76. The number of rotatable bonds is 4. The van der Waals surface area contributed by atoms with Crippen LogP contribution < -0.4 is 15.2 Å². The SMILES string of the molecule is COc1c(C)cc(C2(CN)CCC2)c(F)c1OC. The van der Waals surface area contributed by atoms with Gasteiger partial charge in [0.1, 0.15) is 0 Å². The second kappa shape index (κ2) is 4.76. The number of benzene rings is 1. The molecule has 0 radical (unpaired) electrons. The predicted octanol–water partition coefficient (Wildman–Crippen LogP) is 2.53. The van der Waals surface area contributed by atoms with E-state index in [1.165, 1.54) is 14.2 Å². The highest BCUT2D eigenvalue weighted by Gasteiger charge is 2.41. The minimum atomic E-state index is -0.329. The summed E-state index contributed by atoms with van der Waals surface area (Å²) in [6, 6.07) is 1.85. The van der Waals surface area contributed by atoms with Crippen LogP contribution in [0.5, 0.6) is 11.5 Å². The van der Waals surface area contributed by atoms with Gasteiger partial charge in [-0.3, -0.25) is 0 Å². The molecule has 0 aromatic heterocycles. The first-order valence-electron chi connectivity index (χ1n) is 6.21. The van der Waals surface area contributed by atoms with Crippen molar-refractivity contribution in [2.24, 2.45) is 5.73 Å². The van der Waals surface area contributed by atoms with Crippen molar-refractivity contribution in [1.82, 2.24) is 0 Å². The molecular weight excluding hydrogens is 233 g/mol. The quantitative estimate of drug-likeness (QED) is 0.896. The van der Waals surface area contributed by atoms with Crippen molar-refractivity contribution in [2.45, 2.75) is 31.6 Å². The van der Waals surface area contributed by atoms with Gasteiger partial charge in [0.05, 0.1) is 14.2 Å². The van der Waals surface area contributed by atoms with Gasteiger partial charge in [-0.1, -0.05) is 6.42 Å². The van der Waals surface area contributed by atoms with Crippen LogP contribution in [0.4, 0.5) is 4.39 Å². The number of nitrogens with two attached hydrogens (primary N) is 1. The van der Waals surface area contributed by atoms with Gasteiger partial charge in [-0.25, -0.2) is 4.39 Å². The molecule has 0 amide bonds. The van der Waals surface area contributed by atoms with Gasteiger partial charge in [-0.05, 0) is 37.0 Å². The van der Waals surface area contributed by atoms with E-state index in [0.29, 0.717) is 17.9 Å². The topological polar surface area (TPSA) is 44.5 Å². The third kappa shape index (κ3) is 1.75. The number of aryl methyl sites for hydroxylation is 1. The Morgan fingerprint density at radius 2 is 1.89 bits per heavy atom. The smallest absolute Gasteiger partial charge is 0.197 e. The average Bonchev–Trinajstić information content (AvgIpc) is 2.31. The highest BCUT2D eigenvalue weighted by Crippen LogP contribution is 2.48. The average molecular weight is 253 g/mol. The molecule has 4 heteroatoms. The van der Waals surface area contributed by atoms with Crippen LogP contribution in [0.2, 0.25) is 0 Å². The summed E-state index contributed by atoms with van der Waals surface area (Å²) in [5, 5.41) is 0. The van der Waals surface area contributed by atoms with E-state index in [1.54, 1.807) is 0 Å². The minimum Gasteiger partial charge on any atom is -0.492 e. The Kier molecular flexibility index (Phi) is 3.48. The lowest BCUT2D eigenvalue weighted by Crippen LogP contribution is -2.42. The Balaban J connectivity index is 2.59. The second-order valence-corrected chi connectivity index (χ2v) is 4.96. The standard InChI is InChI=1S/C14H20FNO2/c1-9-7-10(14(8-16)5-4-6-14)11(15)13(18-3)12(9)17-2/h7H,4-6,8,16H2,1-3H3. The van der Waals surface area contributed by atoms with E-state index < -0.39 is 0 Å². The fourth-order valence-electron chi connectivity index (χ4n) is 2.76. The molecule has 0 atom stereocenters. The van der Waals surface area contributed by atoms with Crippen molar-refractivity contribution in [3.63, 3.8) is 0 Å². The summed E-state index contributed by atoms with van der Waals surface area (Å²) in [4.78, 5) is 0. The molecule has 1 saturated carbocycles. The van der Waals surface area contributed by atoms with Crippen molar-refractivity contribution >= 4 is 0 Å². The Labute approximate surface area is 107 Å². The molecule has 0 saturated heterocycles. The number of halogens is 1. The molecule has 0 aliphatic heterocycles. The van der Waals surface area contributed by atoms with Crippen LogP contribution in [0.15, 0.2) is 6.07 Å². The molecule has 1 aliphatic carbocycles. The molecule has 1 aromatic rings. The number of hydrogen-bond acceptors (Lipinski definition) is 3. The molecule has 18 heavy (non-hydrogen) atoms. The Morgan fingerprint density at radius 3 is 2.28 bits per heavy atom. The normalized spacial score (nSPS) is 17.2. The van der Waals surface area contributed by atoms with Crippen LogP contribution in [0, 0.1) is 12.7 Å². The van der Waals surface area contributed by atoms with Crippen LogP contribution in [0.3, 0.4) is 0 Å². The summed E-state index contributed by atoms with van der Waals surface area (Å²) in [6.45, 7) is 2.37. The van der Waals surface area contributed by atoms with Crippen LogP contribution >= 0.6 is 0 Å². The third-order valence-corrected chi connectivity index (χ3v) is 4.04. The molecule has 2 rings (SSSR count). The molecule has 0 bridgehead atoms. The maximum atomic E-state index is 14.5. The lowest BCUT2D eigenvalue weighted by Gasteiger charge is -2.42. The molecule has 0 heterocycles. The summed E-state index contributed by atoms with van der Waals surface area (Å²) >= 11 is 0. The lowest BCUT2D eigenvalue weighted by atomic mass is 9.64. The van der Waals surface area contributed by atoms with Crippen molar-refractivity contribution in [3.8, 4) is 11.5 Å². The molecule has 0 spiro atoms. The van der Waals surface area contributed by atoms with Crippen LogP contribution in [0.1, 0.15) is 30.4 Å². The van der Waals surface area contributed by atoms with Crippen LogP contribution in [-0.4, -0.2) is 20.8 Å². The molecule has 1 fully saturated rings. The van der Waals surface area contributed by atoms with Gasteiger partial charge in [0.2, 0.25) is 0 Å². The summed E-state index contributed by atoms with van der Waals surface area (Å²) in [7, 11) is 2.98. The monoisotopic (exact) mass is 253 g/mol. The Hall–Kier alpha value is -1.29. The van der Waals surface area contributed by atoms with E-state index in [-0.39, 0.29) is 17.0 Å². The summed E-state index contributed by atoms with van der Waals surface area (Å²) < 4.78 is 24.9. The summed E-state index contributed by atoms with van der Waals surface area (Å²) in [5.74, 6) is 0.322. The predicted molar refractivity (Wildman–Crippen MR) is 68.8 cm³/mol. The molecule has 0 unspecified atom stereocenters. The van der Waals surface area contributed by atoms with E-state index in [2.05, 4.69) is 0 Å². The van der Waals surface area contributed by atoms with Gasteiger partial charge in [0.25, 0.3) is 0 Å². The Morgan fingerprint density at radius 1 is 1.28 bits per heavy atom. The molecule has 1 aliphatic rings. The first kappa shape index (κ1) is 13.1. The molecular formula is C14H20FNO2. The highest BCUT2D eigenvalue weighted by atomic mass is 19.1. The Bertz CT molecular complexity index is 450. The maximum absolute atomic E-state index is 14.5. The number of hydrogen-bond donors (Lipinski definition) is 1. The van der Waals surface area contributed by atoms with Crippen molar-refractivity contribution in [3.05, 3.63) is 23.0 Å². The van der Waals surface area contributed by atoms with Gasteiger partial charge < -0.3 is 15.2 Å². The zero-order valence-electron chi connectivity index (χ0n) is 11.2. The number of methoxy groups -OCH3 is 2. The van der Waals surface area contributed by atoms with E-state index >= 15 is 0 Å². The maximum Gasteiger partial charge on any atom is 0.197 e. The first-order valence-corrected chi connectivity index (χ1v) is 6.21. The zero-order valence-corrected chi connectivity index (χ0v) is 11.2. The lowest BCUT2D eigenvalue weighted by molar-refractivity contribution is 0.239. The highest BCUT2D eigenvalue weighted by molar-refractivity contribution is 5.52. The van der Waals surface area contributed by atoms with Crippen molar-refractivity contribution in [1.29, 1.82) is 0 Å². The second-order valence-electron chi connectivity index (χ2n) is 4.96.